The molecule has 0 spiro atoms. The van der Waals surface area contributed by atoms with Gasteiger partial charge in [-0.2, -0.15) is 5.26 Å². The van der Waals surface area contributed by atoms with E-state index in [-0.39, 0.29) is 17.1 Å². The van der Waals surface area contributed by atoms with Crippen molar-refractivity contribution in [3.8, 4) is 6.07 Å². The van der Waals surface area contributed by atoms with E-state index in [1.165, 1.54) is 19.4 Å². The molecular formula is C14H11BrN4O2. The maximum Gasteiger partial charge on any atom is 0.340 e. The minimum atomic E-state index is -0.548. The summed E-state index contributed by atoms with van der Waals surface area (Å²) in [6, 6.07) is 8.68. The minimum Gasteiger partial charge on any atom is -0.465 e. The highest BCUT2D eigenvalue weighted by Gasteiger charge is 2.15. The van der Waals surface area contributed by atoms with Crippen molar-refractivity contribution in [3.63, 3.8) is 0 Å². The van der Waals surface area contributed by atoms with Gasteiger partial charge in [0, 0.05) is 10.7 Å². The first-order valence-corrected chi connectivity index (χ1v) is 6.65. The molecule has 21 heavy (non-hydrogen) atoms. The summed E-state index contributed by atoms with van der Waals surface area (Å²) in [4.78, 5) is 15.7. The molecule has 7 heteroatoms. The Balaban J connectivity index is 2.44. The lowest BCUT2D eigenvalue weighted by Crippen LogP contribution is -2.09. The molecule has 1 aromatic carbocycles. The van der Waals surface area contributed by atoms with Crippen LogP contribution in [0.2, 0.25) is 0 Å². The Hall–Kier alpha value is -2.59. The zero-order valence-corrected chi connectivity index (χ0v) is 12.6. The number of carbonyl (C=O) groups is 1. The lowest BCUT2D eigenvalue weighted by atomic mass is 10.2. The number of nitrogens with one attached hydrogen (secondary N) is 1. The van der Waals surface area contributed by atoms with Crippen molar-refractivity contribution < 1.29 is 9.53 Å². The van der Waals surface area contributed by atoms with Crippen LogP contribution in [0.4, 0.5) is 17.2 Å². The van der Waals surface area contributed by atoms with Crippen molar-refractivity contribution in [3.05, 3.63) is 46.1 Å². The van der Waals surface area contributed by atoms with Gasteiger partial charge in [0.1, 0.15) is 6.07 Å². The summed E-state index contributed by atoms with van der Waals surface area (Å²) in [6.07, 6.45) is 1.44. The van der Waals surface area contributed by atoms with E-state index in [4.69, 9.17) is 11.0 Å². The normalized spacial score (nSPS) is 9.76. The fraction of sp³-hybridized carbons (Fsp3) is 0.0714. The van der Waals surface area contributed by atoms with E-state index in [2.05, 4.69) is 37.0 Å². The van der Waals surface area contributed by atoms with Crippen molar-refractivity contribution in [1.29, 1.82) is 5.26 Å². The van der Waals surface area contributed by atoms with E-state index in [0.717, 1.165) is 4.47 Å². The number of nitrogens with zero attached hydrogens (tertiary/aromatic N) is 2. The van der Waals surface area contributed by atoms with Crippen LogP contribution in [0.3, 0.4) is 0 Å². The maximum atomic E-state index is 11.6. The highest BCUT2D eigenvalue weighted by atomic mass is 79.9. The molecule has 0 fully saturated rings. The summed E-state index contributed by atoms with van der Waals surface area (Å²) in [5, 5.41) is 12.1. The molecule has 2 rings (SSSR count). The minimum absolute atomic E-state index is 0.160. The van der Waals surface area contributed by atoms with Crippen molar-refractivity contribution in [2.45, 2.75) is 0 Å². The Bertz CT molecular complexity index is 740. The van der Waals surface area contributed by atoms with Gasteiger partial charge in [0.2, 0.25) is 0 Å². The van der Waals surface area contributed by atoms with Gasteiger partial charge in [-0.05, 0) is 24.3 Å². The number of halogens is 1. The highest BCUT2D eigenvalue weighted by molar-refractivity contribution is 9.10. The molecular weight excluding hydrogens is 336 g/mol. The highest BCUT2D eigenvalue weighted by Crippen LogP contribution is 2.28. The first-order chi connectivity index (χ1) is 10.1. The number of nitrogen functional groups attached to an aromatic ring is 1. The number of aromatic nitrogens is 1. The number of rotatable bonds is 3. The molecule has 0 amide bonds. The molecule has 0 aliphatic rings. The quantitative estimate of drug-likeness (QED) is 0.828. The summed E-state index contributed by atoms with van der Waals surface area (Å²) in [6.45, 7) is 0. The second-order valence-electron chi connectivity index (χ2n) is 4.04. The third-order valence-electron chi connectivity index (χ3n) is 2.75. The number of carbonyl (C=O) groups excluding carboxylic acids is 1. The average molecular weight is 347 g/mol. The van der Waals surface area contributed by atoms with Gasteiger partial charge in [-0.25, -0.2) is 9.78 Å². The molecule has 0 saturated heterocycles. The fourth-order valence-corrected chi connectivity index (χ4v) is 2.07. The van der Waals surface area contributed by atoms with Crippen LogP contribution in [0.15, 0.2) is 34.9 Å². The average Bonchev–Trinajstić information content (AvgIpc) is 2.49. The van der Waals surface area contributed by atoms with Gasteiger partial charge in [0.05, 0.1) is 29.6 Å². The van der Waals surface area contributed by atoms with E-state index in [1.54, 1.807) is 18.2 Å². The van der Waals surface area contributed by atoms with Crippen LogP contribution >= 0.6 is 15.9 Å². The van der Waals surface area contributed by atoms with Crippen molar-refractivity contribution in [2.75, 3.05) is 18.2 Å². The molecule has 0 atom stereocenters. The van der Waals surface area contributed by atoms with E-state index >= 15 is 0 Å². The number of hydrogen-bond acceptors (Lipinski definition) is 6. The third kappa shape index (κ3) is 3.12. The van der Waals surface area contributed by atoms with Crippen molar-refractivity contribution in [1.82, 2.24) is 4.98 Å². The summed E-state index contributed by atoms with van der Waals surface area (Å²) >= 11 is 3.33. The van der Waals surface area contributed by atoms with E-state index in [9.17, 15) is 4.79 Å². The second kappa shape index (κ2) is 6.24. The lowest BCUT2D eigenvalue weighted by molar-refractivity contribution is 0.0602. The van der Waals surface area contributed by atoms with Crippen molar-refractivity contribution >= 4 is 39.1 Å². The number of anilines is 3. The smallest absolute Gasteiger partial charge is 0.340 e. The molecule has 1 heterocycles. The lowest BCUT2D eigenvalue weighted by Gasteiger charge is -2.12. The van der Waals surface area contributed by atoms with E-state index < -0.39 is 5.97 Å². The number of esters is 1. The standard InChI is InChI=1S/C14H11BrN4O2/c1-21-14(20)10-4-5-18-13(12(10)17)19-11-6-9(15)3-2-8(11)7-16/h2-6H,17H2,1H3,(H,18,19). The molecule has 2 aromatic rings. The zero-order chi connectivity index (χ0) is 15.4. The van der Waals surface area contributed by atoms with E-state index in [1.807, 2.05) is 0 Å². The molecule has 106 valence electrons. The monoisotopic (exact) mass is 346 g/mol. The summed E-state index contributed by atoms with van der Waals surface area (Å²) < 4.78 is 5.45. The molecule has 0 aliphatic heterocycles. The SMILES string of the molecule is COC(=O)c1ccnc(Nc2cc(Br)ccc2C#N)c1N. The number of pyridine rings is 1. The van der Waals surface area contributed by atoms with Gasteiger partial charge >= 0.3 is 5.97 Å². The Morgan fingerprint density at radius 1 is 1.48 bits per heavy atom. The topological polar surface area (TPSA) is 101 Å². The van der Waals surface area contributed by atoms with Crippen molar-refractivity contribution in [2.24, 2.45) is 0 Å². The first kappa shape index (κ1) is 14.8. The Morgan fingerprint density at radius 3 is 2.90 bits per heavy atom. The second-order valence-corrected chi connectivity index (χ2v) is 4.95. The number of nitrogens with two attached hydrogens (primary N) is 1. The summed E-state index contributed by atoms with van der Waals surface area (Å²) in [5.74, 6) is -0.264. The number of methoxy groups -OCH3 is 1. The van der Waals surface area contributed by atoms with Crippen LogP contribution in [0.1, 0.15) is 15.9 Å². The van der Waals surface area contributed by atoms with Gasteiger partial charge in [0.25, 0.3) is 0 Å². The van der Waals surface area contributed by atoms with Gasteiger partial charge in [-0.15, -0.1) is 0 Å². The molecule has 0 aliphatic carbocycles. The van der Waals surface area contributed by atoms with Gasteiger partial charge in [0.15, 0.2) is 5.82 Å². The Labute approximate surface area is 129 Å². The van der Waals surface area contributed by atoms with Gasteiger partial charge < -0.3 is 15.8 Å². The predicted octanol–water partition coefficient (Wildman–Crippen LogP) is 2.83. The van der Waals surface area contributed by atoms with Crippen LogP contribution in [0.25, 0.3) is 0 Å². The molecule has 0 bridgehead atoms. The number of benzene rings is 1. The maximum absolute atomic E-state index is 11.6. The van der Waals surface area contributed by atoms with Gasteiger partial charge in [-0.1, -0.05) is 15.9 Å². The largest absolute Gasteiger partial charge is 0.465 e. The van der Waals surface area contributed by atoms with E-state index in [0.29, 0.717) is 11.3 Å². The summed E-state index contributed by atoms with van der Waals surface area (Å²) in [7, 11) is 1.28. The van der Waals surface area contributed by atoms with Crippen LogP contribution in [0, 0.1) is 11.3 Å². The van der Waals surface area contributed by atoms with Crippen LogP contribution in [-0.4, -0.2) is 18.1 Å². The van der Waals surface area contributed by atoms with Crippen LogP contribution in [-0.2, 0) is 4.74 Å². The zero-order valence-electron chi connectivity index (χ0n) is 11.1. The summed E-state index contributed by atoms with van der Waals surface area (Å²) in [5.41, 5.74) is 7.26. The molecule has 0 unspecified atom stereocenters. The van der Waals surface area contributed by atoms with Crippen LogP contribution < -0.4 is 11.1 Å². The predicted molar refractivity (Wildman–Crippen MR) is 82.1 cm³/mol. The van der Waals surface area contributed by atoms with Crippen LogP contribution in [0.5, 0.6) is 0 Å². The van der Waals surface area contributed by atoms with Gasteiger partial charge in [-0.3, -0.25) is 0 Å². The number of ether oxygens (including phenoxy) is 1. The molecule has 0 saturated carbocycles. The fourth-order valence-electron chi connectivity index (χ4n) is 1.71. The molecule has 1 aromatic heterocycles. The molecule has 3 N–H and O–H groups in total. The number of nitriles is 1. The molecule has 0 radical (unpaired) electrons. The Kier molecular flexibility index (Phi) is 4.40. The third-order valence-corrected chi connectivity index (χ3v) is 3.24. The number of hydrogen-bond donors (Lipinski definition) is 2. The molecule has 6 nitrogen and oxygen atoms in total. The first-order valence-electron chi connectivity index (χ1n) is 5.86. The Morgan fingerprint density at radius 2 is 2.24 bits per heavy atom.